The van der Waals surface area contributed by atoms with Crippen molar-refractivity contribution in [1.29, 1.82) is 0 Å². The number of hydroxylamine groups is 2. The monoisotopic (exact) mass is 341 g/mol. The van der Waals surface area contributed by atoms with Crippen LogP contribution in [0.1, 0.15) is 71.6 Å². The molecule has 1 rings (SSSR count). The quantitative estimate of drug-likeness (QED) is 0.421. The van der Waals surface area contributed by atoms with Crippen LogP contribution in [0.2, 0.25) is 0 Å². The van der Waals surface area contributed by atoms with E-state index >= 15 is 0 Å². The van der Waals surface area contributed by atoms with Gasteiger partial charge in [-0.15, -0.1) is 0 Å². The summed E-state index contributed by atoms with van der Waals surface area (Å²) in [6.07, 6.45) is 8.65. The molecule has 6 heteroatoms. The van der Waals surface area contributed by atoms with E-state index < -0.39 is 18.2 Å². The van der Waals surface area contributed by atoms with E-state index in [4.69, 9.17) is 4.84 Å². The van der Waals surface area contributed by atoms with E-state index in [1.165, 1.54) is 5.06 Å². The number of aliphatic carboxylic acids is 1. The molecule has 3 atom stereocenters. The predicted molar refractivity (Wildman–Crippen MR) is 91.2 cm³/mol. The standard InChI is InChI=1S/C18H31NO5/c1-3-5-7-8-15(20)12-10-14-11-13-17(21)19(14)24-16(18(22)23)9-6-4-2/h10,12,14-16,20H,3-9,11,13H2,1-2H3,(H,22,23)/b12-10+/t14?,15-,16?/m0/s1. The highest BCUT2D eigenvalue weighted by atomic mass is 16.7. The molecule has 1 aliphatic heterocycles. The summed E-state index contributed by atoms with van der Waals surface area (Å²) in [5.41, 5.74) is 0. The minimum atomic E-state index is -1.05. The molecule has 1 saturated heterocycles. The minimum absolute atomic E-state index is 0.201. The van der Waals surface area contributed by atoms with E-state index in [-0.39, 0.29) is 11.9 Å². The smallest absolute Gasteiger partial charge is 0.335 e. The van der Waals surface area contributed by atoms with Crippen molar-refractivity contribution in [2.24, 2.45) is 0 Å². The highest BCUT2D eigenvalue weighted by Crippen LogP contribution is 2.23. The Morgan fingerprint density at radius 1 is 1.29 bits per heavy atom. The molecule has 1 amide bonds. The third-order valence-corrected chi connectivity index (χ3v) is 4.20. The summed E-state index contributed by atoms with van der Waals surface area (Å²) in [5.74, 6) is -1.25. The number of aliphatic hydroxyl groups is 1. The van der Waals surface area contributed by atoms with Gasteiger partial charge in [0.2, 0.25) is 5.91 Å². The largest absolute Gasteiger partial charge is 0.479 e. The number of rotatable bonds is 12. The Morgan fingerprint density at radius 2 is 2.00 bits per heavy atom. The molecule has 6 nitrogen and oxygen atoms in total. The van der Waals surface area contributed by atoms with Crippen molar-refractivity contribution in [1.82, 2.24) is 5.06 Å². The molecule has 0 radical (unpaired) electrons. The Hall–Kier alpha value is -1.40. The van der Waals surface area contributed by atoms with Crippen LogP contribution in [0.25, 0.3) is 0 Å². The average Bonchev–Trinajstić information content (AvgIpc) is 2.89. The third-order valence-electron chi connectivity index (χ3n) is 4.20. The number of hydrogen-bond acceptors (Lipinski definition) is 4. The van der Waals surface area contributed by atoms with Crippen molar-refractivity contribution < 1.29 is 24.6 Å². The fourth-order valence-corrected chi connectivity index (χ4v) is 2.70. The van der Waals surface area contributed by atoms with Gasteiger partial charge in [-0.1, -0.05) is 58.1 Å². The van der Waals surface area contributed by atoms with Crippen LogP contribution in [-0.2, 0) is 14.4 Å². The molecule has 0 aliphatic carbocycles. The average molecular weight is 341 g/mol. The molecule has 1 fully saturated rings. The van der Waals surface area contributed by atoms with Crippen LogP contribution in [-0.4, -0.2) is 45.4 Å². The molecule has 1 heterocycles. The number of amides is 1. The lowest BCUT2D eigenvalue weighted by Crippen LogP contribution is -2.39. The van der Waals surface area contributed by atoms with Gasteiger partial charge in [-0.2, -0.15) is 0 Å². The topological polar surface area (TPSA) is 87.1 Å². The zero-order valence-electron chi connectivity index (χ0n) is 14.8. The SMILES string of the molecule is CCCCC[C@H](O)/C=C/C1CCC(=O)N1OC(CCCC)C(=O)O. The molecule has 0 aromatic heterocycles. The van der Waals surface area contributed by atoms with Crippen molar-refractivity contribution >= 4 is 11.9 Å². The first-order valence-electron chi connectivity index (χ1n) is 9.07. The molecule has 0 bridgehead atoms. The van der Waals surface area contributed by atoms with E-state index in [0.29, 0.717) is 25.7 Å². The van der Waals surface area contributed by atoms with Gasteiger partial charge < -0.3 is 10.2 Å². The number of unbranched alkanes of at least 4 members (excludes halogenated alkanes) is 3. The number of carbonyl (C=O) groups excluding carboxylic acids is 1. The van der Waals surface area contributed by atoms with Crippen molar-refractivity contribution in [3.05, 3.63) is 12.2 Å². The van der Waals surface area contributed by atoms with Gasteiger partial charge in [0.1, 0.15) is 0 Å². The summed E-state index contributed by atoms with van der Waals surface area (Å²) < 4.78 is 0. The molecule has 2 unspecified atom stereocenters. The Balaban J connectivity index is 2.60. The number of carbonyl (C=O) groups is 2. The van der Waals surface area contributed by atoms with Gasteiger partial charge in [0.15, 0.2) is 6.10 Å². The lowest BCUT2D eigenvalue weighted by atomic mass is 10.1. The summed E-state index contributed by atoms with van der Waals surface area (Å²) in [5, 5.41) is 20.4. The Bertz CT molecular complexity index is 424. The normalized spacial score (nSPS) is 20.7. The summed E-state index contributed by atoms with van der Waals surface area (Å²) in [7, 11) is 0. The first-order chi connectivity index (χ1) is 11.5. The van der Waals surface area contributed by atoms with Crippen LogP contribution in [0.3, 0.4) is 0 Å². The molecule has 0 aromatic carbocycles. The van der Waals surface area contributed by atoms with E-state index in [9.17, 15) is 19.8 Å². The number of carboxylic acid groups (broad SMARTS) is 1. The van der Waals surface area contributed by atoms with Gasteiger partial charge in [0.05, 0.1) is 12.1 Å². The maximum absolute atomic E-state index is 12.0. The van der Waals surface area contributed by atoms with Crippen LogP contribution in [0.5, 0.6) is 0 Å². The Morgan fingerprint density at radius 3 is 2.62 bits per heavy atom. The zero-order chi connectivity index (χ0) is 17.9. The fraction of sp³-hybridized carbons (Fsp3) is 0.778. The first-order valence-corrected chi connectivity index (χ1v) is 9.07. The molecule has 0 spiro atoms. The second kappa shape index (κ2) is 11.2. The van der Waals surface area contributed by atoms with Gasteiger partial charge in [-0.05, 0) is 19.3 Å². The highest BCUT2D eigenvalue weighted by Gasteiger charge is 2.34. The van der Waals surface area contributed by atoms with E-state index in [1.807, 2.05) is 6.92 Å². The van der Waals surface area contributed by atoms with Crippen LogP contribution < -0.4 is 0 Å². The van der Waals surface area contributed by atoms with Crippen LogP contribution >= 0.6 is 0 Å². The van der Waals surface area contributed by atoms with Gasteiger partial charge in [-0.3, -0.25) is 9.63 Å². The molecular weight excluding hydrogens is 310 g/mol. The van der Waals surface area contributed by atoms with E-state index in [0.717, 1.165) is 32.1 Å². The van der Waals surface area contributed by atoms with Crippen LogP contribution in [0.15, 0.2) is 12.2 Å². The minimum Gasteiger partial charge on any atom is -0.479 e. The van der Waals surface area contributed by atoms with E-state index in [1.54, 1.807) is 12.2 Å². The van der Waals surface area contributed by atoms with Gasteiger partial charge >= 0.3 is 5.97 Å². The fourth-order valence-electron chi connectivity index (χ4n) is 2.70. The molecule has 0 saturated carbocycles. The highest BCUT2D eigenvalue weighted by molar-refractivity contribution is 5.78. The molecular formula is C18H31NO5. The van der Waals surface area contributed by atoms with Crippen molar-refractivity contribution in [3.8, 4) is 0 Å². The predicted octanol–water partition coefficient (Wildman–Crippen LogP) is 3.05. The maximum Gasteiger partial charge on any atom is 0.335 e. The molecule has 138 valence electrons. The third kappa shape index (κ3) is 7.01. The van der Waals surface area contributed by atoms with Gasteiger partial charge in [-0.25, -0.2) is 9.86 Å². The molecule has 2 N–H and O–H groups in total. The first kappa shape index (κ1) is 20.6. The van der Waals surface area contributed by atoms with Crippen molar-refractivity contribution in [2.45, 2.75) is 89.9 Å². The summed E-state index contributed by atoms with van der Waals surface area (Å²) >= 11 is 0. The summed E-state index contributed by atoms with van der Waals surface area (Å²) in [6.45, 7) is 4.09. The number of aliphatic hydroxyl groups excluding tert-OH is 1. The van der Waals surface area contributed by atoms with Crippen molar-refractivity contribution in [3.63, 3.8) is 0 Å². The number of hydrogen-bond donors (Lipinski definition) is 2. The molecule has 0 aromatic rings. The number of nitrogens with zero attached hydrogens (tertiary/aromatic N) is 1. The second-order valence-electron chi connectivity index (χ2n) is 6.35. The summed E-state index contributed by atoms with van der Waals surface area (Å²) in [6, 6.07) is -0.304. The zero-order valence-corrected chi connectivity index (χ0v) is 14.8. The maximum atomic E-state index is 12.0. The van der Waals surface area contributed by atoms with Crippen LogP contribution in [0.4, 0.5) is 0 Å². The Kier molecular flexibility index (Phi) is 9.64. The molecule has 24 heavy (non-hydrogen) atoms. The summed E-state index contributed by atoms with van der Waals surface area (Å²) in [4.78, 5) is 28.8. The molecule has 1 aliphatic rings. The lowest BCUT2D eigenvalue weighted by molar-refractivity contribution is -0.214. The second-order valence-corrected chi connectivity index (χ2v) is 6.35. The Labute approximate surface area is 144 Å². The lowest BCUT2D eigenvalue weighted by Gasteiger charge is -2.25. The van der Waals surface area contributed by atoms with Crippen molar-refractivity contribution in [2.75, 3.05) is 0 Å². The number of carboxylic acids is 1. The van der Waals surface area contributed by atoms with Gasteiger partial charge in [0, 0.05) is 6.42 Å². The van der Waals surface area contributed by atoms with Gasteiger partial charge in [0.25, 0.3) is 0 Å². The van der Waals surface area contributed by atoms with E-state index in [2.05, 4.69) is 6.92 Å². The van der Waals surface area contributed by atoms with Crippen LogP contribution in [0, 0.1) is 0 Å².